The number of alkyl halides is 2. The summed E-state index contributed by atoms with van der Waals surface area (Å²) in [6, 6.07) is 25.9. The third kappa shape index (κ3) is 9.28. The van der Waals surface area contributed by atoms with Crippen molar-refractivity contribution in [3.05, 3.63) is 107 Å². The van der Waals surface area contributed by atoms with E-state index in [1.807, 2.05) is 113 Å². The molecule has 1 fully saturated rings. The average Bonchev–Trinajstić information content (AvgIpc) is 3.74. The van der Waals surface area contributed by atoms with Gasteiger partial charge in [-0.2, -0.15) is 0 Å². The number of nitrogens with zero attached hydrogens (tertiary/aromatic N) is 4. The molecule has 0 bridgehead atoms. The van der Waals surface area contributed by atoms with Crippen LogP contribution < -0.4 is 15.1 Å². The van der Waals surface area contributed by atoms with E-state index in [0.717, 1.165) is 21.3 Å². The van der Waals surface area contributed by atoms with Crippen LogP contribution in [0.2, 0.25) is 5.04 Å². The highest BCUT2D eigenvalue weighted by Crippen LogP contribution is 2.46. The lowest BCUT2D eigenvalue weighted by molar-refractivity contribution is -0.0823. The van der Waals surface area contributed by atoms with Gasteiger partial charge in [0.25, 0.3) is 14.2 Å². The SMILES string of the molecule is C[C@@H]1Cc2c(n(C(=O)OC(C)(C)C)c3ccccc23)[C@@H](c2ncc(OC3CN(C(=O)OC(C)(C)C)C3)s2)N1CC(F)(F)CO[Si](c1ccccc1)(c1ccccc1)C(C)(C)C. The Labute approximate surface area is 362 Å². The van der Waals surface area contributed by atoms with E-state index in [9.17, 15) is 9.59 Å². The third-order valence-electron chi connectivity index (χ3n) is 11.1. The van der Waals surface area contributed by atoms with Crippen LogP contribution >= 0.6 is 11.3 Å². The maximum absolute atomic E-state index is 17.2. The lowest BCUT2D eigenvalue weighted by Crippen LogP contribution is -2.67. The summed E-state index contributed by atoms with van der Waals surface area (Å²) in [5, 5.41) is 3.14. The van der Waals surface area contributed by atoms with E-state index < -0.39 is 67.9 Å². The molecule has 3 aromatic carbocycles. The van der Waals surface area contributed by atoms with Crippen molar-refractivity contribution in [3.8, 4) is 5.06 Å². The highest BCUT2D eigenvalue weighted by molar-refractivity contribution is 7.13. The number of ether oxygens (including phenoxy) is 3. The van der Waals surface area contributed by atoms with Crippen molar-refractivity contribution in [1.29, 1.82) is 0 Å². The zero-order valence-corrected chi connectivity index (χ0v) is 38.6. The van der Waals surface area contributed by atoms with E-state index in [1.54, 1.807) is 41.3 Å². The minimum absolute atomic E-state index is 0.297. The standard InChI is InChI=1S/C47H58F2N4O6SSi/c1-31-25-36-35-23-17-18-24-37(35)53(43(55)59-45(5,6)7)39(36)40(41-50-26-38(60-41)57-32-27-51(28-32)42(54)58-44(2,3)4)52(31)29-47(48,49)30-56-61(46(8,9)10,33-19-13-11-14-20-33)34-21-15-12-16-22-34/h11-24,26,31-32,40H,25,27-30H2,1-10H3/t31-,40+/m1/s1. The molecule has 7 rings (SSSR count). The van der Waals surface area contributed by atoms with Crippen LogP contribution in [0.1, 0.15) is 91.5 Å². The van der Waals surface area contributed by atoms with Crippen molar-refractivity contribution in [3.63, 3.8) is 0 Å². The second-order valence-electron chi connectivity index (χ2n) is 19.3. The third-order valence-corrected chi connectivity index (χ3v) is 17.0. The average molecular weight is 873 g/mol. The number of amides is 1. The Hall–Kier alpha value is -4.63. The normalized spacial score (nSPS) is 18.1. The Kier molecular flexibility index (Phi) is 12.1. The minimum Gasteiger partial charge on any atom is -0.476 e. The van der Waals surface area contributed by atoms with Gasteiger partial charge in [0.05, 0.1) is 43.6 Å². The fourth-order valence-corrected chi connectivity index (χ4v) is 14.1. The van der Waals surface area contributed by atoms with Crippen LogP contribution in [0.4, 0.5) is 18.4 Å². The quantitative estimate of drug-likeness (QED) is 0.128. The van der Waals surface area contributed by atoms with Crippen molar-refractivity contribution in [2.75, 3.05) is 26.2 Å². The number of likely N-dealkylation sites (tertiary alicyclic amines) is 1. The molecule has 1 saturated heterocycles. The molecule has 326 valence electrons. The van der Waals surface area contributed by atoms with Gasteiger partial charge in [-0.15, -0.1) is 0 Å². The molecular formula is C47H58F2N4O6SSi. The molecule has 2 atom stereocenters. The number of hydrogen-bond donors (Lipinski definition) is 0. The number of aromatic nitrogens is 2. The number of hydrogen-bond acceptors (Lipinski definition) is 9. The van der Waals surface area contributed by atoms with E-state index in [2.05, 4.69) is 20.8 Å². The van der Waals surface area contributed by atoms with Gasteiger partial charge in [-0.1, -0.05) is 111 Å². The number of fused-ring (bicyclic) bond motifs is 3. The van der Waals surface area contributed by atoms with Crippen LogP contribution in [0, 0.1) is 0 Å². The second kappa shape index (κ2) is 16.6. The highest BCUT2D eigenvalue weighted by Gasteiger charge is 2.53. The zero-order chi connectivity index (χ0) is 44.1. The zero-order valence-electron chi connectivity index (χ0n) is 36.8. The minimum atomic E-state index is -3.34. The first-order valence-electron chi connectivity index (χ1n) is 20.9. The molecule has 2 aromatic heterocycles. The molecule has 0 aliphatic carbocycles. The van der Waals surface area contributed by atoms with Crippen molar-refractivity contribution in [2.24, 2.45) is 0 Å². The smallest absolute Gasteiger partial charge is 0.419 e. The molecule has 61 heavy (non-hydrogen) atoms. The van der Waals surface area contributed by atoms with Gasteiger partial charge in [-0.05, 0) is 81.9 Å². The molecule has 0 spiro atoms. The molecule has 14 heteroatoms. The predicted molar refractivity (Wildman–Crippen MR) is 238 cm³/mol. The van der Waals surface area contributed by atoms with Crippen LogP contribution in [0.3, 0.4) is 0 Å². The fourth-order valence-electron chi connectivity index (χ4n) is 8.56. The van der Waals surface area contributed by atoms with E-state index in [1.165, 1.54) is 11.3 Å². The number of halogens is 2. The number of rotatable bonds is 10. The molecule has 0 radical (unpaired) electrons. The first kappa shape index (κ1) is 44.4. The fraction of sp³-hybridized carbons (Fsp3) is 0.468. The van der Waals surface area contributed by atoms with Gasteiger partial charge < -0.3 is 23.5 Å². The van der Waals surface area contributed by atoms with Crippen molar-refractivity contribution < 1.29 is 37.0 Å². The van der Waals surface area contributed by atoms with Crippen LogP contribution in [0.5, 0.6) is 5.06 Å². The Balaban J connectivity index is 1.26. The topological polar surface area (TPSA) is 95.4 Å². The van der Waals surface area contributed by atoms with Gasteiger partial charge in [0.2, 0.25) is 0 Å². The summed E-state index contributed by atoms with van der Waals surface area (Å²) in [6.45, 7) is 18.2. The number of benzene rings is 3. The lowest BCUT2D eigenvalue weighted by Gasteiger charge is -2.45. The Bertz CT molecular complexity index is 2310. The van der Waals surface area contributed by atoms with Gasteiger partial charge in [-0.25, -0.2) is 27.9 Å². The van der Waals surface area contributed by atoms with Crippen molar-refractivity contribution in [1.82, 2.24) is 19.4 Å². The van der Waals surface area contributed by atoms with Gasteiger partial charge in [-0.3, -0.25) is 4.90 Å². The number of carbonyl (C=O) groups is 2. The van der Waals surface area contributed by atoms with Crippen LogP contribution in [0.15, 0.2) is 91.1 Å². The molecule has 1 amide bonds. The van der Waals surface area contributed by atoms with Gasteiger partial charge in [0.15, 0.2) is 5.06 Å². The van der Waals surface area contributed by atoms with Crippen molar-refractivity contribution in [2.45, 2.75) is 116 Å². The molecule has 2 aliphatic heterocycles. The molecule has 0 unspecified atom stereocenters. The maximum atomic E-state index is 17.2. The molecule has 10 nitrogen and oxygen atoms in total. The van der Waals surface area contributed by atoms with Crippen molar-refractivity contribution >= 4 is 53.1 Å². The largest absolute Gasteiger partial charge is 0.476 e. The summed E-state index contributed by atoms with van der Waals surface area (Å²) < 4.78 is 60.5. The highest BCUT2D eigenvalue weighted by atomic mass is 32.1. The lowest BCUT2D eigenvalue weighted by atomic mass is 9.92. The summed E-state index contributed by atoms with van der Waals surface area (Å²) in [6.07, 6.45) is 0.694. The van der Waals surface area contributed by atoms with Gasteiger partial charge in [0.1, 0.15) is 28.4 Å². The number of carbonyl (C=O) groups excluding carboxylic acids is 2. The molecule has 2 aliphatic rings. The maximum Gasteiger partial charge on any atom is 0.419 e. The first-order valence-corrected chi connectivity index (χ1v) is 23.6. The van der Waals surface area contributed by atoms with Crippen LogP contribution in [-0.2, 0) is 20.3 Å². The van der Waals surface area contributed by atoms with Gasteiger partial charge in [0, 0.05) is 11.4 Å². The molecular weight excluding hydrogens is 815 g/mol. The molecule has 5 aromatic rings. The Morgan fingerprint density at radius 2 is 1.36 bits per heavy atom. The summed E-state index contributed by atoms with van der Waals surface area (Å²) in [5.41, 5.74) is 0.608. The van der Waals surface area contributed by atoms with E-state index >= 15 is 8.78 Å². The second-order valence-corrected chi connectivity index (χ2v) is 24.6. The molecule has 4 heterocycles. The summed E-state index contributed by atoms with van der Waals surface area (Å²) >= 11 is 1.25. The Morgan fingerprint density at radius 1 is 0.803 bits per heavy atom. The van der Waals surface area contributed by atoms with Crippen LogP contribution in [-0.4, -0.2) is 95.4 Å². The van der Waals surface area contributed by atoms with Gasteiger partial charge >= 0.3 is 12.2 Å². The monoisotopic (exact) mass is 872 g/mol. The summed E-state index contributed by atoms with van der Waals surface area (Å²) in [5.74, 6) is -3.34. The summed E-state index contributed by atoms with van der Waals surface area (Å²) in [7, 11) is -3.31. The number of para-hydroxylation sites is 1. The first-order chi connectivity index (χ1) is 28.6. The van der Waals surface area contributed by atoms with E-state index in [0.29, 0.717) is 40.8 Å². The molecule has 0 N–H and O–H groups in total. The molecule has 0 saturated carbocycles. The summed E-state index contributed by atoms with van der Waals surface area (Å²) in [4.78, 5) is 35.0. The Morgan fingerprint density at radius 3 is 1.93 bits per heavy atom. The van der Waals surface area contributed by atoms with Crippen LogP contribution in [0.25, 0.3) is 10.9 Å². The predicted octanol–water partition coefficient (Wildman–Crippen LogP) is 9.43. The van der Waals surface area contributed by atoms with E-state index in [4.69, 9.17) is 23.6 Å². The van der Waals surface area contributed by atoms with E-state index in [-0.39, 0.29) is 6.10 Å². The number of thiazole rings is 1.